The highest BCUT2D eigenvalue weighted by molar-refractivity contribution is 7.92. The lowest BCUT2D eigenvalue weighted by molar-refractivity contribution is -0.129. The highest BCUT2D eigenvalue weighted by atomic mass is 32.2. The minimum absolute atomic E-state index is 0.0706. The summed E-state index contributed by atoms with van der Waals surface area (Å²) in [5.74, 6) is -0.0381. The Morgan fingerprint density at radius 3 is 2.20 bits per heavy atom. The van der Waals surface area contributed by atoms with Gasteiger partial charge in [-0.2, -0.15) is 0 Å². The quantitative estimate of drug-likeness (QED) is 0.498. The van der Waals surface area contributed by atoms with Crippen molar-refractivity contribution in [3.63, 3.8) is 0 Å². The van der Waals surface area contributed by atoms with E-state index in [1.807, 2.05) is 31.2 Å². The first-order valence-corrected chi connectivity index (χ1v) is 12.7. The van der Waals surface area contributed by atoms with Crippen LogP contribution in [0.3, 0.4) is 0 Å². The lowest BCUT2D eigenvalue weighted by atomic mass is 10.2. The standard InChI is InChI=1S/C26H28FN3O4S/c1-20-7-13-23(14-8-20)35(32,33)30(22-11-9-21(27)10-12-22)19-26(31)29-17-15-28(16-18-29)24-5-3-4-6-25(24)34-2/h3-14H,15-19H2,1-2H3. The van der Waals surface area contributed by atoms with Crippen LogP contribution in [-0.4, -0.2) is 59.1 Å². The summed E-state index contributed by atoms with van der Waals surface area (Å²) in [6, 6.07) is 19.2. The first-order chi connectivity index (χ1) is 16.8. The molecule has 1 aliphatic heterocycles. The Morgan fingerprint density at radius 1 is 0.943 bits per heavy atom. The first-order valence-electron chi connectivity index (χ1n) is 11.3. The molecule has 3 aromatic carbocycles. The van der Waals surface area contributed by atoms with E-state index in [-0.39, 0.29) is 23.0 Å². The van der Waals surface area contributed by atoms with Crippen molar-refractivity contribution in [1.82, 2.24) is 4.90 Å². The third-order valence-corrected chi connectivity index (χ3v) is 7.85. The fourth-order valence-corrected chi connectivity index (χ4v) is 5.48. The second kappa shape index (κ2) is 10.4. The average Bonchev–Trinajstić information content (AvgIpc) is 2.88. The molecule has 0 atom stereocenters. The summed E-state index contributed by atoms with van der Waals surface area (Å²) in [6.45, 7) is 3.55. The summed E-state index contributed by atoms with van der Waals surface area (Å²) < 4.78 is 47.0. The van der Waals surface area contributed by atoms with Crippen molar-refractivity contribution < 1.29 is 22.3 Å². The van der Waals surface area contributed by atoms with E-state index in [1.54, 1.807) is 24.1 Å². The molecule has 0 unspecified atom stereocenters. The molecule has 0 aromatic heterocycles. The highest BCUT2D eigenvalue weighted by Crippen LogP contribution is 2.29. The molecule has 1 amide bonds. The summed E-state index contributed by atoms with van der Waals surface area (Å²) in [5, 5.41) is 0. The van der Waals surface area contributed by atoms with Gasteiger partial charge in [0.05, 0.1) is 23.4 Å². The summed E-state index contributed by atoms with van der Waals surface area (Å²) in [6.07, 6.45) is 0. The fraction of sp³-hybridized carbons (Fsp3) is 0.269. The fourth-order valence-electron chi connectivity index (χ4n) is 4.07. The molecular weight excluding hydrogens is 469 g/mol. The van der Waals surface area contributed by atoms with E-state index in [0.29, 0.717) is 26.2 Å². The van der Waals surface area contributed by atoms with Gasteiger partial charge in [0, 0.05) is 26.2 Å². The van der Waals surface area contributed by atoms with Crippen molar-refractivity contribution in [2.75, 3.05) is 49.0 Å². The highest BCUT2D eigenvalue weighted by Gasteiger charge is 2.30. The number of methoxy groups -OCH3 is 1. The molecule has 4 rings (SSSR count). The van der Waals surface area contributed by atoms with E-state index < -0.39 is 15.8 Å². The van der Waals surface area contributed by atoms with Gasteiger partial charge in [-0.1, -0.05) is 29.8 Å². The largest absolute Gasteiger partial charge is 0.495 e. The number of piperazine rings is 1. The predicted molar refractivity (Wildman–Crippen MR) is 134 cm³/mol. The summed E-state index contributed by atoms with van der Waals surface area (Å²) in [7, 11) is -2.42. The zero-order chi connectivity index (χ0) is 25.0. The van der Waals surface area contributed by atoms with Crippen LogP contribution in [0, 0.1) is 12.7 Å². The molecular formula is C26H28FN3O4S. The van der Waals surface area contributed by atoms with E-state index in [1.165, 1.54) is 36.4 Å². The molecule has 1 fully saturated rings. The van der Waals surface area contributed by atoms with E-state index in [2.05, 4.69) is 4.90 Å². The molecule has 184 valence electrons. The second-order valence-electron chi connectivity index (χ2n) is 8.34. The van der Waals surface area contributed by atoms with E-state index in [9.17, 15) is 17.6 Å². The normalized spacial score (nSPS) is 14.0. The number of halogens is 1. The van der Waals surface area contributed by atoms with Gasteiger partial charge in [0.2, 0.25) is 5.91 Å². The van der Waals surface area contributed by atoms with E-state index in [4.69, 9.17) is 4.74 Å². The molecule has 0 N–H and O–H groups in total. The van der Waals surface area contributed by atoms with E-state index >= 15 is 0 Å². The number of carbonyl (C=O) groups excluding carboxylic acids is 1. The second-order valence-corrected chi connectivity index (χ2v) is 10.2. The molecule has 9 heteroatoms. The summed E-state index contributed by atoms with van der Waals surface area (Å²) in [5.41, 5.74) is 2.10. The molecule has 0 aliphatic carbocycles. The monoisotopic (exact) mass is 497 g/mol. The molecule has 3 aromatic rings. The summed E-state index contributed by atoms with van der Waals surface area (Å²) in [4.78, 5) is 17.1. The topological polar surface area (TPSA) is 70.2 Å². The number of carbonyl (C=O) groups is 1. The predicted octanol–water partition coefficient (Wildman–Crippen LogP) is 3.69. The van der Waals surface area contributed by atoms with Gasteiger partial charge < -0.3 is 14.5 Å². The molecule has 1 saturated heterocycles. The number of ether oxygens (including phenoxy) is 1. The van der Waals surface area contributed by atoms with Crippen molar-refractivity contribution in [3.8, 4) is 5.75 Å². The van der Waals surface area contributed by atoms with Crippen LogP contribution in [0.5, 0.6) is 5.75 Å². The minimum Gasteiger partial charge on any atom is -0.495 e. The van der Waals surface area contributed by atoms with Crippen LogP contribution in [0.2, 0.25) is 0 Å². The van der Waals surface area contributed by atoms with Crippen molar-refractivity contribution in [3.05, 3.63) is 84.2 Å². The number of hydrogen-bond acceptors (Lipinski definition) is 5. The van der Waals surface area contributed by atoms with Crippen LogP contribution < -0.4 is 13.9 Å². The van der Waals surface area contributed by atoms with Gasteiger partial charge in [-0.15, -0.1) is 0 Å². The zero-order valence-corrected chi connectivity index (χ0v) is 20.5. The Kier molecular flexibility index (Phi) is 7.25. The Morgan fingerprint density at radius 2 is 1.57 bits per heavy atom. The maximum Gasteiger partial charge on any atom is 0.264 e. The third kappa shape index (κ3) is 5.40. The zero-order valence-electron chi connectivity index (χ0n) is 19.7. The van der Waals surface area contributed by atoms with Crippen molar-refractivity contribution in [2.24, 2.45) is 0 Å². The number of rotatable bonds is 7. The Bertz CT molecular complexity index is 1270. The van der Waals surface area contributed by atoms with Crippen molar-refractivity contribution in [1.29, 1.82) is 0 Å². The van der Waals surface area contributed by atoms with Gasteiger partial charge in [-0.3, -0.25) is 9.10 Å². The maximum atomic E-state index is 13.5. The number of benzene rings is 3. The lowest BCUT2D eigenvalue weighted by Crippen LogP contribution is -2.52. The molecule has 0 bridgehead atoms. The number of hydrogen-bond donors (Lipinski definition) is 0. The van der Waals surface area contributed by atoms with Crippen molar-refractivity contribution >= 4 is 27.3 Å². The molecule has 35 heavy (non-hydrogen) atoms. The Balaban J connectivity index is 1.53. The molecule has 0 spiro atoms. The first kappa shape index (κ1) is 24.5. The molecule has 0 radical (unpaired) electrons. The van der Waals surface area contributed by atoms with Gasteiger partial charge >= 0.3 is 0 Å². The number of para-hydroxylation sites is 2. The third-order valence-electron chi connectivity index (χ3n) is 6.06. The maximum absolute atomic E-state index is 13.5. The SMILES string of the molecule is COc1ccccc1N1CCN(C(=O)CN(c2ccc(F)cc2)S(=O)(=O)c2ccc(C)cc2)CC1. The van der Waals surface area contributed by atoms with Crippen LogP contribution in [0.15, 0.2) is 77.7 Å². The lowest BCUT2D eigenvalue weighted by Gasteiger charge is -2.37. The van der Waals surface area contributed by atoms with E-state index in [0.717, 1.165) is 21.3 Å². The molecule has 1 aliphatic rings. The van der Waals surface area contributed by atoms with Crippen LogP contribution in [0.1, 0.15) is 5.56 Å². The van der Waals surface area contributed by atoms with Gasteiger partial charge in [-0.05, 0) is 55.5 Å². The van der Waals surface area contributed by atoms with Crippen LogP contribution in [-0.2, 0) is 14.8 Å². The molecule has 7 nitrogen and oxygen atoms in total. The number of amides is 1. The number of sulfonamides is 1. The van der Waals surface area contributed by atoms with Crippen LogP contribution in [0.4, 0.5) is 15.8 Å². The van der Waals surface area contributed by atoms with Crippen LogP contribution >= 0.6 is 0 Å². The molecule has 0 saturated carbocycles. The van der Waals surface area contributed by atoms with Gasteiger partial charge in [0.1, 0.15) is 18.1 Å². The smallest absolute Gasteiger partial charge is 0.264 e. The average molecular weight is 498 g/mol. The number of nitrogens with zero attached hydrogens (tertiary/aromatic N) is 3. The molecule has 1 heterocycles. The van der Waals surface area contributed by atoms with Gasteiger partial charge in [0.15, 0.2) is 0 Å². The van der Waals surface area contributed by atoms with Crippen LogP contribution in [0.25, 0.3) is 0 Å². The minimum atomic E-state index is -4.04. The Labute approximate surface area is 205 Å². The Hall–Kier alpha value is -3.59. The van der Waals surface area contributed by atoms with Crippen molar-refractivity contribution in [2.45, 2.75) is 11.8 Å². The summed E-state index contributed by atoms with van der Waals surface area (Å²) >= 11 is 0. The number of anilines is 2. The van der Waals surface area contributed by atoms with Gasteiger partial charge in [-0.25, -0.2) is 12.8 Å². The van der Waals surface area contributed by atoms with Gasteiger partial charge in [0.25, 0.3) is 10.0 Å². The number of aryl methyl sites for hydroxylation is 1.